The maximum Gasteiger partial charge on any atom is 0.161 e. The van der Waals surface area contributed by atoms with Crippen LogP contribution in [-0.4, -0.2) is 9.97 Å². The molecule has 104 valence electrons. The number of nitrogens with one attached hydrogen (secondary N) is 1. The van der Waals surface area contributed by atoms with Gasteiger partial charge >= 0.3 is 0 Å². The molecule has 2 aromatic heterocycles. The SMILES string of the molecule is Fc1ccc2cc(-c3nc4cc(F)c(F)cc4[nH]3)sc2c1. The number of benzene rings is 2. The van der Waals surface area contributed by atoms with Gasteiger partial charge < -0.3 is 4.98 Å². The molecule has 0 radical (unpaired) electrons. The van der Waals surface area contributed by atoms with Gasteiger partial charge in [0, 0.05) is 16.8 Å². The molecule has 0 aliphatic carbocycles. The second-order valence-electron chi connectivity index (χ2n) is 4.66. The lowest BCUT2D eigenvalue weighted by molar-refractivity contribution is 0.510. The van der Waals surface area contributed by atoms with Crippen LogP contribution in [0.3, 0.4) is 0 Å². The zero-order valence-corrected chi connectivity index (χ0v) is 11.3. The summed E-state index contributed by atoms with van der Waals surface area (Å²) in [5.41, 5.74) is 0.778. The number of nitrogens with zero attached hydrogens (tertiary/aromatic N) is 1. The van der Waals surface area contributed by atoms with E-state index in [0.717, 1.165) is 27.1 Å². The molecular formula is C15H7F3N2S. The summed E-state index contributed by atoms with van der Waals surface area (Å²) >= 11 is 1.37. The lowest BCUT2D eigenvalue weighted by Gasteiger charge is -1.90. The Morgan fingerprint density at radius 1 is 0.952 bits per heavy atom. The van der Waals surface area contributed by atoms with Crippen LogP contribution in [0.4, 0.5) is 13.2 Å². The summed E-state index contributed by atoms with van der Waals surface area (Å²) in [7, 11) is 0. The third-order valence-electron chi connectivity index (χ3n) is 3.24. The van der Waals surface area contributed by atoms with Crippen molar-refractivity contribution in [2.45, 2.75) is 0 Å². The van der Waals surface area contributed by atoms with Crippen molar-refractivity contribution in [3.05, 3.63) is 53.8 Å². The van der Waals surface area contributed by atoms with Crippen LogP contribution >= 0.6 is 11.3 Å². The number of H-pyrrole nitrogens is 1. The molecule has 6 heteroatoms. The van der Waals surface area contributed by atoms with Gasteiger partial charge in [-0.25, -0.2) is 18.2 Å². The molecule has 2 aromatic carbocycles. The van der Waals surface area contributed by atoms with Crippen molar-refractivity contribution in [2.24, 2.45) is 0 Å². The van der Waals surface area contributed by atoms with Crippen molar-refractivity contribution in [1.82, 2.24) is 9.97 Å². The van der Waals surface area contributed by atoms with Gasteiger partial charge in [-0.3, -0.25) is 0 Å². The molecule has 1 N–H and O–H groups in total. The fourth-order valence-corrected chi connectivity index (χ4v) is 3.28. The van der Waals surface area contributed by atoms with Gasteiger partial charge in [-0.2, -0.15) is 0 Å². The summed E-state index contributed by atoms with van der Waals surface area (Å²) in [5, 5.41) is 0.897. The fourth-order valence-electron chi connectivity index (χ4n) is 2.24. The summed E-state index contributed by atoms with van der Waals surface area (Å²) in [4.78, 5) is 8.00. The highest BCUT2D eigenvalue weighted by molar-refractivity contribution is 7.22. The predicted molar refractivity (Wildman–Crippen MR) is 76.8 cm³/mol. The first kappa shape index (κ1) is 12.4. The van der Waals surface area contributed by atoms with Crippen LogP contribution in [0.5, 0.6) is 0 Å². The number of rotatable bonds is 1. The second-order valence-corrected chi connectivity index (χ2v) is 5.75. The standard InChI is InChI=1S/C15H7F3N2S/c16-8-2-1-7-3-14(21-13(7)4-8)15-19-11-5-9(17)10(18)6-12(11)20-15/h1-6H,(H,19,20). The Labute approximate surface area is 120 Å². The normalized spacial score (nSPS) is 11.6. The van der Waals surface area contributed by atoms with E-state index in [1.165, 1.54) is 23.5 Å². The van der Waals surface area contributed by atoms with Gasteiger partial charge in [-0.15, -0.1) is 11.3 Å². The van der Waals surface area contributed by atoms with Gasteiger partial charge in [0.05, 0.1) is 15.9 Å². The van der Waals surface area contributed by atoms with Gasteiger partial charge in [-0.1, -0.05) is 6.07 Å². The van der Waals surface area contributed by atoms with Crippen molar-refractivity contribution in [3.8, 4) is 10.7 Å². The number of imidazole rings is 1. The van der Waals surface area contributed by atoms with Crippen LogP contribution in [0.1, 0.15) is 0 Å². The van der Waals surface area contributed by atoms with E-state index in [4.69, 9.17) is 0 Å². The monoisotopic (exact) mass is 304 g/mol. The van der Waals surface area contributed by atoms with E-state index < -0.39 is 11.6 Å². The molecule has 4 rings (SSSR count). The Balaban J connectivity index is 1.91. The van der Waals surface area contributed by atoms with Crippen LogP contribution < -0.4 is 0 Å². The van der Waals surface area contributed by atoms with Gasteiger partial charge in [0.2, 0.25) is 0 Å². The number of halogens is 3. The Morgan fingerprint density at radius 2 is 1.76 bits per heavy atom. The minimum Gasteiger partial charge on any atom is -0.337 e. The van der Waals surface area contributed by atoms with E-state index >= 15 is 0 Å². The Bertz CT molecular complexity index is 948. The number of aromatic amines is 1. The maximum absolute atomic E-state index is 13.2. The molecule has 0 saturated heterocycles. The van der Waals surface area contributed by atoms with E-state index in [1.807, 2.05) is 6.07 Å². The lowest BCUT2D eigenvalue weighted by atomic mass is 10.2. The molecule has 0 saturated carbocycles. The van der Waals surface area contributed by atoms with E-state index in [1.54, 1.807) is 6.07 Å². The summed E-state index contributed by atoms with van der Waals surface area (Å²) in [5.74, 6) is -1.64. The highest BCUT2D eigenvalue weighted by Crippen LogP contribution is 2.33. The first-order valence-corrected chi connectivity index (χ1v) is 6.96. The average Bonchev–Trinajstić information content (AvgIpc) is 3.02. The van der Waals surface area contributed by atoms with E-state index in [9.17, 15) is 13.2 Å². The number of aromatic nitrogens is 2. The molecule has 0 aliphatic rings. The first-order valence-electron chi connectivity index (χ1n) is 6.14. The summed E-state index contributed by atoms with van der Waals surface area (Å²) in [6.07, 6.45) is 0. The molecule has 0 fully saturated rings. The Morgan fingerprint density at radius 3 is 2.62 bits per heavy atom. The summed E-state index contributed by atoms with van der Waals surface area (Å²) in [6.45, 7) is 0. The predicted octanol–water partition coefficient (Wildman–Crippen LogP) is 4.86. The highest BCUT2D eigenvalue weighted by atomic mass is 32.1. The zero-order chi connectivity index (χ0) is 14.6. The number of fused-ring (bicyclic) bond motifs is 2. The van der Waals surface area contributed by atoms with Crippen molar-refractivity contribution < 1.29 is 13.2 Å². The molecule has 4 aromatic rings. The van der Waals surface area contributed by atoms with E-state index in [-0.39, 0.29) is 5.82 Å². The van der Waals surface area contributed by atoms with Gasteiger partial charge in [0.1, 0.15) is 11.6 Å². The van der Waals surface area contributed by atoms with Crippen LogP contribution in [0.2, 0.25) is 0 Å². The first-order chi connectivity index (χ1) is 10.1. The van der Waals surface area contributed by atoms with Crippen molar-refractivity contribution >= 4 is 32.5 Å². The molecular weight excluding hydrogens is 297 g/mol. The molecule has 0 spiro atoms. The van der Waals surface area contributed by atoms with Crippen LogP contribution in [0, 0.1) is 17.5 Å². The van der Waals surface area contributed by atoms with Gasteiger partial charge in [0.15, 0.2) is 11.6 Å². The Hall–Kier alpha value is -2.34. The van der Waals surface area contributed by atoms with Crippen LogP contribution in [-0.2, 0) is 0 Å². The topological polar surface area (TPSA) is 28.7 Å². The largest absolute Gasteiger partial charge is 0.337 e. The highest BCUT2D eigenvalue weighted by Gasteiger charge is 2.12. The van der Waals surface area contributed by atoms with E-state index in [0.29, 0.717) is 16.9 Å². The van der Waals surface area contributed by atoms with Crippen molar-refractivity contribution in [2.75, 3.05) is 0 Å². The molecule has 0 unspecified atom stereocenters. The second kappa shape index (κ2) is 4.33. The van der Waals surface area contributed by atoms with Crippen LogP contribution in [0.25, 0.3) is 31.8 Å². The summed E-state index contributed by atoms with van der Waals surface area (Å²) < 4.78 is 40.4. The lowest BCUT2D eigenvalue weighted by Crippen LogP contribution is -1.82. The molecule has 0 bridgehead atoms. The fraction of sp³-hybridized carbons (Fsp3) is 0. The zero-order valence-electron chi connectivity index (χ0n) is 10.5. The third kappa shape index (κ3) is 1.99. The minimum absolute atomic E-state index is 0.301. The molecule has 21 heavy (non-hydrogen) atoms. The minimum atomic E-state index is -0.932. The molecule has 0 atom stereocenters. The summed E-state index contributed by atoms with van der Waals surface area (Å²) in [6, 6.07) is 8.52. The smallest absolute Gasteiger partial charge is 0.161 e. The molecule has 0 aliphatic heterocycles. The van der Waals surface area contributed by atoms with E-state index in [2.05, 4.69) is 9.97 Å². The Kier molecular flexibility index (Phi) is 2.56. The number of hydrogen-bond acceptors (Lipinski definition) is 2. The number of hydrogen-bond donors (Lipinski definition) is 1. The third-order valence-corrected chi connectivity index (χ3v) is 4.34. The van der Waals surface area contributed by atoms with Crippen LogP contribution in [0.15, 0.2) is 36.4 Å². The molecule has 0 amide bonds. The van der Waals surface area contributed by atoms with Gasteiger partial charge in [-0.05, 0) is 23.6 Å². The molecule has 2 heterocycles. The van der Waals surface area contributed by atoms with Gasteiger partial charge in [0.25, 0.3) is 0 Å². The van der Waals surface area contributed by atoms with Crippen molar-refractivity contribution in [1.29, 1.82) is 0 Å². The van der Waals surface area contributed by atoms with Crippen molar-refractivity contribution in [3.63, 3.8) is 0 Å². The maximum atomic E-state index is 13.2. The molecule has 2 nitrogen and oxygen atoms in total. The quantitative estimate of drug-likeness (QED) is 0.534. The average molecular weight is 304 g/mol. The number of thiophene rings is 1.